The van der Waals surface area contributed by atoms with Crippen LogP contribution in [0.2, 0.25) is 0 Å². The van der Waals surface area contributed by atoms with Gasteiger partial charge in [-0.05, 0) is 43.0 Å². The fourth-order valence-corrected chi connectivity index (χ4v) is 2.90. The lowest BCUT2D eigenvalue weighted by atomic mass is 9.96. The molecule has 3 N–H and O–H groups in total. The van der Waals surface area contributed by atoms with Crippen LogP contribution < -0.4 is 11.1 Å². The maximum Gasteiger partial charge on any atom is 0.220 e. The predicted molar refractivity (Wildman–Crippen MR) is 87.2 cm³/mol. The van der Waals surface area contributed by atoms with Crippen LogP contribution in [0, 0.1) is 0 Å². The highest BCUT2D eigenvalue weighted by molar-refractivity contribution is 5.77. The summed E-state index contributed by atoms with van der Waals surface area (Å²) in [5.41, 5.74) is 7.62. The number of nitrogens with one attached hydrogen (secondary N) is 1. The number of hydrogen-bond acceptors (Lipinski definition) is 3. The summed E-state index contributed by atoms with van der Waals surface area (Å²) < 4.78 is 0. The van der Waals surface area contributed by atoms with Gasteiger partial charge in [0.2, 0.25) is 5.91 Å². The van der Waals surface area contributed by atoms with Gasteiger partial charge >= 0.3 is 0 Å². The largest absolute Gasteiger partial charge is 0.399 e. The monoisotopic (exact) mass is 289 g/mol. The normalized spacial score (nSPS) is 18.4. The van der Waals surface area contributed by atoms with Gasteiger partial charge in [0.05, 0.1) is 0 Å². The molecule has 1 saturated heterocycles. The maximum atomic E-state index is 12.2. The number of amides is 1. The Morgan fingerprint density at radius 1 is 1.33 bits per heavy atom. The molecule has 116 valence electrons. The van der Waals surface area contributed by atoms with E-state index in [2.05, 4.69) is 24.1 Å². The summed E-state index contributed by atoms with van der Waals surface area (Å²) in [5.74, 6) is 0.385. The van der Waals surface area contributed by atoms with Crippen LogP contribution in [0.3, 0.4) is 0 Å². The van der Waals surface area contributed by atoms with Gasteiger partial charge in [0.25, 0.3) is 0 Å². The lowest BCUT2D eigenvalue weighted by Crippen LogP contribution is -2.44. The van der Waals surface area contributed by atoms with Crippen LogP contribution in [0.15, 0.2) is 24.3 Å². The third-order valence-electron chi connectivity index (χ3n) is 4.40. The third kappa shape index (κ3) is 4.74. The molecular formula is C17H27N3O. The Morgan fingerprint density at radius 2 is 1.95 bits per heavy atom. The lowest BCUT2D eigenvalue weighted by Gasteiger charge is -2.31. The number of rotatable bonds is 5. The first-order valence-corrected chi connectivity index (χ1v) is 7.95. The zero-order chi connectivity index (χ0) is 15.2. The van der Waals surface area contributed by atoms with Gasteiger partial charge in [-0.3, -0.25) is 4.79 Å². The van der Waals surface area contributed by atoms with E-state index in [9.17, 15) is 4.79 Å². The topological polar surface area (TPSA) is 58.4 Å². The quantitative estimate of drug-likeness (QED) is 0.818. The van der Waals surface area contributed by atoms with Crippen molar-refractivity contribution in [3.63, 3.8) is 0 Å². The molecular weight excluding hydrogens is 262 g/mol. The Kier molecular flexibility index (Phi) is 5.62. The average molecular weight is 289 g/mol. The second-order valence-corrected chi connectivity index (χ2v) is 6.05. The van der Waals surface area contributed by atoms with E-state index >= 15 is 0 Å². The van der Waals surface area contributed by atoms with Gasteiger partial charge in [-0.15, -0.1) is 0 Å². The second-order valence-electron chi connectivity index (χ2n) is 6.05. The predicted octanol–water partition coefficient (Wildman–Crippen LogP) is 2.36. The minimum Gasteiger partial charge on any atom is -0.399 e. The van der Waals surface area contributed by atoms with Crippen LogP contribution >= 0.6 is 0 Å². The zero-order valence-electron chi connectivity index (χ0n) is 13.1. The van der Waals surface area contributed by atoms with Crippen molar-refractivity contribution < 1.29 is 4.79 Å². The highest BCUT2D eigenvalue weighted by Gasteiger charge is 2.20. The van der Waals surface area contributed by atoms with E-state index in [4.69, 9.17) is 5.73 Å². The van der Waals surface area contributed by atoms with E-state index in [1.54, 1.807) is 0 Å². The molecule has 1 aliphatic rings. The molecule has 0 aromatic heterocycles. The summed E-state index contributed by atoms with van der Waals surface area (Å²) in [6.45, 7) is 7.57. The van der Waals surface area contributed by atoms with Gasteiger partial charge in [-0.1, -0.05) is 26.0 Å². The smallest absolute Gasteiger partial charge is 0.220 e. The number of nitrogens with two attached hydrogens (primary N) is 1. The van der Waals surface area contributed by atoms with E-state index in [1.807, 2.05) is 24.3 Å². The van der Waals surface area contributed by atoms with Gasteiger partial charge in [0.15, 0.2) is 0 Å². The van der Waals surface area contributed by atoms with Crippen LogP contribution in [0.5, 0.6) is 0 Å². The molecule has 0 saturated carbocycles. The lowest BCUT2D eigenvalue weighted by molar-refractivity contribution is -0.122. The average Bonchev–Trinajstić information content (AvgIpc) is 2.48. The molecule has 1 amide bonds. The van der Waals surface area contributed by atoms with Crippen molar-refractivity contribution in [1.82, 2.24) is 10.2 Å². The number of likely N-dealkylation sites (tertiary alicyclic amines) is 1. The molecule has 0 radical (unpaired) electrons. The summed E-state index contributed by atoms with van der Waals surface area (Å²) in [6, 6.07) is 8.15. The summed E-state index contributed by atoms with van der Waals surface area (Å²) in [5, 5.41) is 3.19. The molecule has 1 aromatic rings. The van der Waals surface area contributed by atoms with E-state index in [0.29, 0.717) is 12.5 Å². The molecule has 1 aromatic carbocycles. The van der Waals surface area contributed by atoms with Crippen LogP contribution in [0.1, 0.15) is 44.6 Å². The van der Waals surface area contributed by atoms with E-state index in [1.165, 1.54) is 5.56 Å². The standard InChI is InChI=1S/C17H27N3O/c1-3-20-10-8-16(9-11-20)19-17(21)12-13(2)14-4-6-15(18)7-5-14/h4-7,13,16H,3,8-12,18H2,1-2H3,(H,19,21). The number of benzene rings is 1. The molecule has 4 heteroatoms. The van der Waals surface area contributed by atoms with Gasteiger partial charge < -0.3 is 16.0 Å². The number of carbonyl (C=O) groups is 1. The van der Waals surface area contributed by atoms with E-state index in [0.717, 1.165) is 38.2 Å². The number of hydrogen-bond donors (Lipinski definition) is 2. The maximum absolute atomic E-state index is 12.2. The third-order valence-corrected chi connectivity index (χ3v) is 4.40. The fraction of sp³-hybridized carbons (Fsp3) is 0.588. The molecule has 0 bridgehead atoms. The second kappa shape index (κ2) is 7.46. The van der Waals surface area contributed by atoms with Gasteiger partial charge in [-0.2, -0.15) is 0 Å². The molecule has 1 fully saturated rings. The molecule has 1 unspecified atom stereocenters. The number of piperidine rings is 1. The Bertz CT molecular complexity index is 450. The zero-order valence-corrected chi connectivity index (χ0v) is 13.1. The van der Waals surface area contributed by atoms with Crippen molar-refractivity contribution >= 4 is 11.6 Å². The summed E-state index contributed by atoms with van der Waals surface area (Å²) >= 11 is 0. The van der Waals surface area contributed by atoms with Crippen LogP contribution in [0.4, 0.5) is 5.69 Å². The Hall–Kier alpha value is -1.55. The molecule has 2 rings (SSSR count). The van der Waals surface area contributed by atoms with Crippen LogP contribution in [-0.2, 0) is 4.79 Å². The van der Waals surface area contributed by atoms with Crippen LogP contribution in [0.25, 0.3) is 0 Å². The van der Waals surface area contributed by atoms with Crippen molar-refractivity contribution in [1.29, 1.82) is 0 Å². The van der Waals surface area contributed by atoms with Crippen molar-refractivity contribution in [3.8, 4) is 0 Å². The van der Waals surface area contributed by atoms with Gasteiger partial charge in [0.1, 0.15) is 0 Å². The number of anilines is 1. The number of nitrogens with zero attached hydrogens (tertiary/aromatic N) is 1. The fourth-order valence-electron chi connectivity index (χ4n) is 2.90. The van der Waals surface area contributed by atoms with Gasteiger partial charge in [-0.25, -0.2) is 0 Å². The Morgan fingerprint density at radius 3 is 2.52 bits per heavy atom. The highest BCUT2D eigenvalue weighted by atomic mass is 16.1. The minimum atomic E-state index is 0.161. The van der Waals surface area contributed by atoms with E-state index in [-0.39, 0.29) is 11.8 Å². The number of carbonyl (C=O) groups excluding carboxylic acids is 1. The molecule has 1 heterocycles. The first-order valence-electron chi connectivity index (χ1n) is 7.95. The molecule has 0 spiro atoms. The summed E-state index contributed by atoms with van der Waals surface area (Å²) in [7, 11) is 0. The Labute approximate surface area is 127 Å². The minimum absolute atomic E-state index is 0.161. The highest BCUT2D eigenvalue weighted by Crippen LogP contribution is 2.20. The van der Waals surface area contributed by atoms with Crippen molar-refractivity contribution in [2.75, 3.05) is 25.4 Å². The van der Waals surface area contributed by atoms with Crippen LogP contribution in [-0.4, -0.2) is 36.5 Å². The summed E-state index contributed by atoms with van der Waals surface area (Å²) in [6.07, 6.45) is 2.67. The van der Waals surface area contributed by atoms with Crippen molar-refractivity contribution in [3.05, 3.63) is 29.8 Å². The molecule has 4 nitrogen and oxygen atoms in total. The van der Waals surface area contributed by atoms with Gasteiger partial charge in [0, 0.05) is 31.2 Å². The molecule has 1 atom stereocenters. The van der Waals surface area contributed by atoms with Crippen molar-refractivity contribution in [2.45, 2.75) is 45.1 Å². The Balaban J connectivity index is 1.78. The first-order chi connectivity index (χ1) is 10.1. The summed E-state index contributed by atoms with van der Waals surface area (Å²) in [4.78, 5) is 14.6. The van der Waals surface area contributed by atoms with Crippen molar-refractivity contribution in [2.24, 2.45) is 0 Å². The molecule has 0 aliphatic carbocycles. The van der Waals surface area contributed by atoms with E-state index < -0.39 is 0 Å². The first kappa shape index (κ1) is 15.8. The molecule has 21 heavy (non-hydrogen) atoms. The molecule has 1 aliphatic heterocycles. The SMILES string of the molecule is CCN1CCC(NC(=O)CC(C)c2ccc(N)cc2)CC1. The number of nitrogen functional groups attached to an aromatic ring is 1.